The summed E-state index contributed by atoms with van der Waals surface area (Å²) in [7, 11) is 0. The number of amides is 1. The number of halogens is 1. The van der Waals surface area contributed by atoms with Gasteiger partial charge in [-0.05, 0) is 48.5 Å². The molecule has 0 saturated heterocycles. The third-order valence-corrected chi connectivity index (χ3v) is 4.76. The number of rotatable bonds is 7. The van der Waals surface area contributed by atoms with Gasteiger partial charge >= 0.3 is 0 Å². The van der Waals surface area contributed by atoms with Gasteiger partial charge in [0.05, 0.1) is 30.5 Å². The van der Waals surface area contributed by atoms with Crippen LogP contribution in [0.1, 0.15) is 5.76 Å². The van der Waals surface area contributed by atoms with Crippen LogP contribution in [0.5, 0.6) is 0 Å². The van der Waals surface area contributed by atoms with Gasteiger partial charge in [0, 0.05) is 0 Å². The van der Waals surface area contributed by atoms with Gasteiger partial charge in [0.2, 0.25) is 11.7 Å². The highest BCUT2D eigenvalue weighted by Gasteiger charge is 2.19. The largest absolute Gasteiger partial charge is 0.467 e. The zero-order valence-corrected chi connectivity index (χ0v) is 15.4. The van der Waals surface area contributed by atoms with E-state index in [-0.39, 0.29) is 17.5 Å². The first-order valence-corrected chi connectivity index (χ1v) is 9.36. The number of thioether (sulfide) groups is 1. The smallest absolute Gasteiger partial charge is 0.230 e. The fourth-order valence-electron chi connectivity index (χ4n) is 2.53. The minimum absolute atomic E-state index is 0.137. The zero-order chi connectivity index (χ0) is 19.3. The minimum atomic E-state index is -0.345. The van der Waals surface area contributed by atoms with Crippen LogP contribution in [0.15, 0.2) is 75.0 Å². The Kier molecular flexibility index (Phi) is 5.24. The Balaban J connectivity index is 1.53. The molecular weight excluding hydrogens is 383 g/mol. The van der Waals surface area contributed by atoms with Crippen molar-refractivity contribution in [2.24, 2.45) is 0 Å². The first-order chi connectivity index (χ1) is 13.7. The number of hydrogen-bond donors (Lipinski definition) is 1. The molecule has 9 heteroatoms. The lowest BCUT2D eigenvalue weighted by molar-refractivity contribution is -0.118. The van der Waals surface area contributed by atoms with Crippen LogP contribution in [0.4, 0.5) is 4.39 Å². The zero-order valence-electron chi connectivity index (χ0n) is 14.5. The van der Waals surface area contributed by atoms with Crippen LogP contribution in [-0.4, -0.2) is 26.4 Å². The first kappa shape index (κ1) is 18.1. The Bertz CT molecular complexity index is 1040. The normalized spacial score (nSPS) is 10.9. The molecule has 7 nitrogen and oxygen atoms in total. The second-order valence-corrected chi connectivity index (χ2v) is 6.68. The number of aromatic nitrogens is 3. The summed E-state index contributed by atoms with van der Waals surface area (Å²) >= 11 is 1.22. The molecule has 0 aliphatic rings. The summed E-state index contributed by atoms with van der Waals surface area (Å²) in [4.78, 5) is 12.1. The summed E-state index contributed by atoms with van der Waals surface area (Å²) in [5.74, 6) is 1.28. The molecule has 0 spiro atoms. The van der Waals surface area contributed by atoms with Gasteiger partial charge in [-0.25, -0.2) is 4.39 Å². The maximum atomic E-state index is 13.3. The molecule has 0 bridgehead atoms. The average molecular weight is 398 g/mol. The van der Waals surface area contributed by atoms with Crippen molar-refractivity contribution in [3.05, 3.63) is 72.6 Å². The molecule has 0 aliphatic heterocycles. The Morgan fingerprint density at radius 1 is 1.07 bits per heavy atom. The van der Waals surface area contributed by atoms with Crippen molar-refractivity contribution in [2.45, 2.75) is 11.7 Å². The van der Waals surface area contributed by atoms with Crippen molar-refractivity contribution in [1.29, 1.82) is 0 Å². The molecule has 142 valence electrons. The van der Waals surface area contributed by atoms with E-state index in [9.17, 15) is 9.18 Å². The summed E-state index contributed by atoms with van der Waals surface area (Å²) in [6, 6.07) is 13.0. The van der Waals surface area contributed by atoms with Gasteiger partial charge in [-0.1, -0.05) is 11.8 Å². The highest BCUT2D eigenvalue weighted by Crippen LogP contribution is 2.28. The fourth-order valence-corrected chi connectivity index (χ4v) is 3.31. The summed E-state index contributed by atoms with van der Waals surface area (Å²) < 4.78 is 25.7. The van der Waals surface area contributed by atoms with Gasteiger partial charge in [-0.15, -0.1) is 10.2 Å². The molecule has 4 aromatic rings. The predicted octanol–water partition coefficient (Wildman–Crippen LogP) is 3.67. The third-order valence-electron chi connectivity index (χ3n) is 3.83. The minimum Gasteiger partial charge on any atom is -0.467 e. The standard InChI is InChI=1S/C19H15FN4O3S/c20-13-5-7-14(8-6-13)24-18(16-4-2-10-27-16)22-23-19(24)28-12-17(25)21-11-15-3-1-9-26-15/h1-10H,11-12H2,(H,21,25). The fraction of sp³-hybridized carbons (Fsp3) is 0.105. The number of furan rings is 2. The molecule has 0 fully saturated rings. The number of carbonyl (C=O) groups excluding carboxylic acids is 1. The van der Waals surface area contributed by atoms with E-state index in [1.807, 2.05) is 0 Å². The molecule has 28 heavy (non-hydrogen) atoms. The van der Waals surface area contributed by atoms with Gasteiger partial charge in [0.1, 0.15) is 11.6 Å². The quantitative estimate of drug-likeness (QED) is 0.478. The van der Waals surface area contributed by atoms with Crippen LogP contribution < -0.4 is 5.32 Å². The first-order valence-electron chi connectivity index (χ1n) is 8.38. The van der Waals surface area contributed by atoms with E-state index < -0.39 is 0 Å². The topological polar surface area (TPSA) is 86.1 Å². The average Bonchev–Trinajstić information content (AvgIpc) is 3.46. The van der Waals surface area contributed by atoms with Crippen LogP contribution in [-0.2, 0) is 11.3 Å². The van der Waals surface area contributed by atoms with Gasteiger partial charge in [0.15, 0.2) is 10.9 Å². The Hall–Kier alpha value is -3.33. The van der Waals surface area contributed by atoms with Crippen molar-refractivity contribution in [1.82, 2.24) is 20.1 Å². The summed E-state index contributed by atoms with van der Waals surface area (Å²) in [5, 5.41) is 11.6. The summed E-state index contributed by atoms with van der Waals surface area (Å²) in [6.45, 7) is 0.314. The van der Waals surface area contributed by atoms with E-state index in [1.165, 1.54) is 30.2 Å². The molecule has 1 amide bonds. The molecule has 0 saturated carbocycles. The van der Waals surface area contributed by atoms with Gasteiger partial charge in [-0.2, -0.15) is 0 Å². The Labute approximate surface area is 163 Å². The number of nitrogens with zero attached hydrogens (tertiary/aromatic N) is 3. The monoisotopic (exact) mass is 398 g/mol. The molecule has 0 atom stereocenters. The van der Waals surface area contributed by atoms with Crippen molar-refractivity contribution < 1.29 is 18.0 Å². The number of carbonyl (C=O) groups is 1. The maximum absolute atomic E-state index is 13.3. The Morgan fingerprint density at radius 2 is 1.86 bits per heavy atom. The van der Waals surface area contributed by atoms with Crippen molar-refractivity contribution in [2.75, 3.05) is 5.75 Å². The van der Waals surface area contributed by atoms with E-state index in [2.05, 4.69) is 15.5 Å². The second-order valence-electron chi connectivity index (χ2n) is 5.74. The molecular formula is C19H15FN4O3S. The van der Waals surface area contributed by atoms with Crippen molar-refractivity contribution in [3.63, 3.8) is 0 Å². The number of benzene rings is 1. The third kappa shape index (κ3) is 3.99. The molecule has 1 N–H and O–H groups in total. The molecule has 4 rings (SSSR count). The molecule has 3 aromatic heterocycles. The summed E-state index contributed by atoms with van der Waals surface area (Å²) in [6.07, 6.45) is 3.09. The van der Waals surface area contributed by atoms with Crippen LogP contribution in [0.2, 0.25) is 0 Å². The van der Waals surface area contributed by atoms with Gasteiger partial charge in [-0.3, -0.25) is 9.36 Å². The van der Waals surface area contributed by atoms with E-state index in [1.54, 1.807) is 47.2 Å². The molecule has 0 unspecified atom stereocenters. The molecule has 3 heterocycles. The lowest BCUT2D eigenvalue weighted by Crippen LogP contribution is -2.24. The van der Waals surface area contributed by atoms with Crippen molar-refractivity contribution >= 4 is 17.7 Å². The molecule has 1 aromatic carbocycles. The predicted molar refractivity (Wildman–Crippen MR) is 100 cm³/mol. The van der Waals surface area contributed by atoms with E-state index in [0.717, 1.165) is 0 Å². The van der Waals surface area contributed by atoms with E-state index in [0.29, 0.717) is 34.7 Å². The number of nitrogens with one attached hydrogen (secondary N) is 1. The summed E-state index contributed by atoms with van der Waals surface area (Å²) in [5.41, 5.74) is 0.663. The number of hydrogen-bond acceptors (Lipinski definition) is 6. The lowest BCUT2D eigenvalue weighted by Gasteiger charge is -2.09. The SMILES string of the molecule is O=C(CSc1nnc(-c2ccco2)n1-c1ccc(F)cc1)NCc1ccco1. The van der Waals surface area contributed by atoms with Crippen LogP contribution in [0.25, 0.3) is 17.3 Å². The van der Waals surface area contributed by atoms with E-state index in [4.69, 9.17) is 8.83 Å². The van der Waals surface area contributed by atoms with Crippen LogP contribution >= 0.6 is 11.8 Å². The molecule has 0 radical (unpaired) electrons. The second kappa shape index (κ2) is 8.13. The van der Waals surface area contributed by atoms with Crippen molar-refractivity contribution in [3.8, 4) is 17.3 Å². The van der Waals surface area contributed by atoms with Crippen LogP contribution in [0, 0.1) is 5.82 Å². The van der Waals surface area contributed by atoms with Gasteiger partial charge in [0.25, 0.3) is 0 Å². The highest BCUT2D eigenvalue weighted by atomic mass is 32.2. The Morgan fingerprint density at radius 3 is 2.57 bits per heavy atom. The van der Waals surface area contributed by atoms with E-state index >= 15 is 0 Å². The maximum Gasteiger partial charge on any atom is 0.230 e. The molecule has 0 aliphatic carbocycles. The van der Waals surface area contributed by atoms with Gasteiger partial charge < -0.3 is 14.2 Å². The lowest BCUT2D eigenvalue weighted by atomic mass is 10.3. The highest BCUT2D eigenvalue weighted by molar-refractivity contribution is 7.99. The van der Waals surface area contributed by atoms with Crippen LogP contribution in [0.3, 0.4) is 0 Å².